The summed E-state index contributed by atoms with van der Waals surface area (Å²) < 4.78 is 70.2. The third kappa shape index (κ3) is 4.39. The van der Waals surface area contributed by atoms with Gasteiger partial charge in [0, 0.05) is 32.4 Å². The monoisotopic (exact) mass is 415 g/mol. The first-order valence-electron chi connectivity index (χ1n) is 8.64. The number of pyridine rings is 1. The Morgan fingerprint density at radius 1 is 1.00 bits per heavy atom. The average Bonchev–Trinajstić information content (AvgIpc) is 2.94. The number of nitrogens with zero attached hydrogens (tertiary/aromatic N) is 3. The van der Waals surface area contributed by atoms with Crippen molar-refractivity contribution in [2.75, 3.05) is 38.2 Å². The van der Waals surface area contributed by atoms with Gasteiger partial charge in [0.15, 0.2) is 0 Å². The number of aromatic nitrogens is 1. The molecule has 0 bridgehead atoms. The van der Waals surface area contributed by atoms with E-state index in [1.54, 1.807) is 17.0 Å². The number of sulfonamides is 1. The van der Waals surface area contributed by atoms with Gasteiger partial charge < -0.3 is 9.64 Å². The van der Waals surface area contributed by atoms with Crippen LogP contribution >= 0.6 is 0 Å². The molecule has 0 unspecified atom stereocenters. The van der Waals surface area contributed by atoms with Crippen LogP contribution in [0.3, 0.4) is 0 Å². The van der Waals surface area contributed by atoms with Gasteiger partial charge in [0.2, 0.25) is 10.0 Å². The molecule has 6 nitrogen and oxygen atoms in total. The SMILES string of the molecule is COc1ccc(S(=O)(=O)N2CCCN(c3ccc(C(F)(F)F)cn3)CC2)cc1. The second-order valence-corrected chi connectivity index (χ2v) is 8.26. The number of methoxy groups -OCH3 is 1. The maximum Gasteiger partial charge on any atom is 0.417 e. The number of anilines is 1. The number of hydrogen-bond donors (Lipinski definition) is 0. The molecule has 1 aliphatic rings. The van der Waals surface area contributed by atoms with Gasteiger partial charge in [0.1, 0.15) is 11.6 Å². The zero-order chi connectivity index (χ0) is 20.4. The van der Waals surface area contributed by atoms with Crippen molar-refractivity contribution in [1.29, 1.82) is 0 Å². The minimum Gasteiger partial charge on any atom is -0.497 e. The Morgan fingerprint density at radius 3 is 2.29 bits per heavy atom. The molecular weight excluding hydrogens is 395 g/mol. The lowest BCUT2D eigenvalue weighted by molar-refractivity contribution is -0.137. The summed E-state index contributed by atoms with van der Waals surface area (Å²) in [7, 11) is -2.16. The second kappa shape index (κ2) is 7.96. The van der Waals surface area contributed by atoms with Crippen LogP contribution in [0, 0.1) is 0 Å². The molecule has 2 aromatic rings. The van der Waals surface area contributed by atoms with Gasteiger partial charge >= 0.3 is 6.18 Å². The largest absolute Gasteiger partial charge is 0.497 e. The van der Waals surface area contributed by atoms with Crippen LogP contribution in [-0.2, 0) is 16.2 Å². The zero-order valence-corrected chi connectivity index (χ0v) is 16.0. The summed E-state index contributed by atoms with van der Waals surface area (Å²) in [5.74, 6) is 0.964. The predicted octanol–water partition coefficient (Wildman–Crippen LogP) is 3.01. The fraction of sp³-hybridized carbons (Fsp3) is 0.389. The number of alkyl halides is 3. The van der Waals surface area contributed by atoms with Crippen molar-refractivity contribution in [3.05, 3.63) is 48.2 Å². The van der Waals surface area contributed by atoms with Gasteiger partial charge in [-0.2, -0.15) is 17.5 Å². The Morgan fingerprint density at radius 2 is 1.71 bits per heavy atom. The first-order valence-corrected chi connectivity index (χ1v) is 10.1. The Labute approximate surface area is 161 Å². The van der Waals surface area contributed by atoms with Gasteiger partial charge in [0.25, 0.3) is 0 Å². The molecule has 1 aromatic heterocycles. The molecule has 2 heterocycles. The van der Waals surface area contributed by atoms with E-state index in [2.05, 4.69) is 4.98 Å². The van der Waals surface area contributed by atoms with E-state index in [-0.39, 0.29) is 11.4 Å². The normalized spacial score (nSPS) is 16.6. The lowest BCUT2D eigenvalue weighted by Crippen LogP contribution is -2.35. The predicted molar refractivity (Wildman–Crippen MR) is 97.8 cm³/mol. The molecule has 0 amide bonds. The quantitative estimate of drug-likeness (QED) is 0.768. The molecule has 0 N–H and O–H groups in total. The van der Waals surface area contributed by atoms with Crippen LogP contribution < -0.4 is 9.64 Å². The van der Waals surface area contributed by atoms with Gasteiger partial charge in [-0.05, 0) is 42.8 Å². The van der Waals surface area contributed by atoms with Gasteiger partial charge in [-0.25, -0.2) is 13.4 Å². The maximum absolute atomic E-state index is 12.9. The lowest BCUT2D eigenvalue weighted by atomic mass is 10.2. The van der Waals surface area contributed by atoms with Crippen molar-refractivity contribution >= 4 is 15.8 Å². The molecule has 1 aromatic carbocycles. The summed E-state index contributed by atoms with van der Waals surface area (Å²) in [5, 5.41) is 0. The lowest BCUT2D eigenvalue weighted by Gasteiger charge is -2.23. The molecule has 3 rings (SSSR count). The van der Waals surface area contributed by atoms with Crippen LogP contribution in [0.15, 0.2) is 47.5 Å². The van der Waals surface area contributed by atoms with E-state index < -0.39 is 21.8 Å². The fourth-order valence-electron chi connectivity index (χ4n) is 3.00. The van der Waals surface area contributed by atoms with Crippen molar-refractivity contribution in [2.24, 2.45) is 0 Å². The molecule has 0 atom stereocenters. The maximum atomic E-state index is 12.9. The third-order valence-corrected chi connectivity index (χ3v) is 6.46. The van der Waals surface area contributed by atoms with Crippen LogP contribution in [0.5, 0.6) is 5.75 Å². The van der Waals surface area contributed by atoms with E-state index in [9.17, 15) is 21.6 Å². The molecule has 1 saturated heterocycles. The summed E-state index contributed by atoms with van der Waals surface area (Å²) in [5.41, 5.74) is -0.810. The number of halogens is 3. The second-order valence-electron chi connectivity index (χ2n) is 6.32. The molecule has 10 heteroatoms. The summed E-state index contributed by atoms with van der Waals surface area (Å²) in [4.78, 5) is 5.87. The minimum atomic E-state index is -4.44. The first kappa shape index (κ1) is 20.4. The van der Waals surface area contributed by atoms with Crippen molar-refractivity contribution in [3.63, 3.8) is 0 Å². The van der Waals surface area contributed by atoms with Crippen LogP contribution in [0.25, 0.3) is 0 Å². The van der Waals surface area contributed by atoms with Crippen molar-refractivity contribution < 1.29 is 26.3 Å². The Balaban J connectivity index is 1.72. The van der Waals surface area contributed by atoms with Crippen LogP contribution in [0.4, 0.5) is 19.0 Å². The first-order chi connectivity index (χ1) is 13.2. The Kier molecular flexibility index (Phi) is 5.80. The number of ether oxygens (including phenoxy) is 1. The Hall–Kier alpha value is -2.33. The van der Waals surface area contributed by atoms with E-state index in [0.717, 1.165) is 12.3 Å². The third-order valence-electron chi connectivity index (χ3n) is 4.55. The summed E-state index contributed by atoms with van der Waals surface area (Å²) in [6, 6.07) is 8.46. The molecule has 0 spiro atoms. The summed E-state index contributed by atoms with van der Waals surface area (Å²) >= 11 is 0. The van der Waals surface area contributed by atoms with Gasteiger partial charge in [0.05, 0.1) is 17.6 Å². The molecule has 0 saturated carbocycles. The highest BCUT2D eigenvalue weighted by Crippen LogP contribution is 2.29. The molecule has 152 valence electrons. The zero-order valence-electron chi connectivity index (χ0n) is 15.2. The minimum absolute atomic E-state index is 0.175. The topological polar surface area (TPSA) is 62.7 Å². The molecular formula is C18H20F3N3O3S. The average molecular weight is 415 g/mol. The number of hydrogen-bond acceptors (Lipinski definition) is 5. The fourth-order valence-corrected chi connectivity index (χ4v) is 4.47. The Bertz CT molecular complexity index is 900. The van der Waals surface area contributed by atoms with E-state index in [1.165, 1.54) is 29.6 Å². The molecule has 0 radical (unpaired) electrons. The molecule has 28 heavy (non-hydrogen) atoms. The summed E-state index contributed by atoms with van der Waals surface area (Å²) in [6.07, 6.45) is -3.10. The van der Waals surface area contributed by atoms with Crippen molar-refractivity contribution in [3.8, 4) is 5.75 Å². The number of benzene rings is 1. The van der Waals surface area contributed by atoms with E-state index >= 15 is 0 Å². The summed E-state index contributed by atoms with van der Waals surface area (Å²) in [6.45, 7) is 1.39. The van der Waals surface area contributed by atoms with Crippen molar-refractivity contribution in [1.82, 2.24) is 9.29 Å². The van der Waals surface area contributed by atoms with Crippen LogP contribution in [0.1, 0.15) is 12.0 Å². The smallest absolute Gasteiger partial charge is 0.417 e. The highest BCUT2D eigenvalue weighted by atomic mass is 32.2. The molecule has 1 fully saturated rings. The highest BCUT2D eigenvalue weighted by molar-refractivity contribution is 7.89. The van der Waals surface area contributed by atoms with Gasteiger partial charge in [-0.15, -0.1) is 0 Å². The molecule has 1 aliphatic heterocycles. The van der Waals surface area contributed by atoms with Crippen molar-refractivity contribution in [2.45, 2.75) is 17.5 Å². The van der Waals surface area contributed by atoms with Crippen LogP contribution in [-0.4, -0.2) is 51.0 Å². The van der Waals surface area contributed by atoms with E-state index in [1.807, 2.05) is 0 Å². The van der Waals surface area contributed by atoms with Gasteiger partial charge in [-0.3, -0.25) is 0 Å². The van der Waals surface area contributed by atoms with Crippen LogP contribution in [0.2, 0.25) is 0 Å². The van der Waals surface area contributed by atoms with Gasteiger partial charge in [-0.1, -0.05) is 0 Å². The number of rotatable bonds is 4. The van der Waals surface area contributed by atoms with E-state index in [4.69, 9.17) is 4.74 Å². The highest BCUT2D eigenvalue weighted by Gasteiger charge is 2.31. The standard InChI is InChI=1S/C18H20F3N3O3S/c1-27-15-4-6-16(7-5-15)28(25,26)24-10-2-9-23(11-12-24)17-8-3-14(13-22-17)18(19,20)21/h3-8,13H,2,9-12H2,1H3. The van der Waals surface area contributed by atoms with E-state index in [0.29, 0.717) is 37.6 Å². The molecule has 0 aliphatic carbocycles.